The maximum atomic E-state index is 12.6. The molecule has 1 atom stereocenters. The molecule has 9 heteroatoms. The Morgan fingerprint density at radius 3 is 2.28 bits per heavy atom. The van der Waals surface area contributed by atoms with Crippen LogP contribution in [-0.4, -0.2) is 60.4 Å². The Morgan fingerprint density at radius 2 is 1.66 bits per heavy atom. The standard InChI is InChI=1S/C23H29N5O4/c1-16-7-6-8-17(2)22(16)25-21(29)15-24-23(30)18(3)26-11-13-27(14-12-26)19-9-4-5-10-20(19)28(31)32/h4-10,18H,11-15H2,1-3H3,(H,24,30)(H,25,29)/t18-/m1/s1. The van der Waals surface area contributed by atoms with Crippen LogP contribution in [0.3, 0.4) is 0 Å². The van der Waals surface area contributed by atoms with Crippen molar-refractivity contribution in [1.29, 1.82) is 0 Å². The molecule has 2 amide bonds. The van der Waals surface area contributed by atoms with Crippen molar-refractivity contribution in [2.24, 2.45) is 0 Å². The van der Waals surface area contributed by atoms with Gasteiger partial charge in [0.1, 0.15) is 5.69 Å². The molecule has 0 aliphatic carbocycles. The molecule has 0 unspecified atom stereocenters. The van der Waals surface area contributed by atoms with Gasteiger partial charge in [-0.2, -0.15) is 0 Å². The first kappa shape index (κ1) is 23.2. The number of nitrogens with one attached hydrogen (secondary N) is 2. The van der Waals surface area contributed by atoms with Gasteiger partial charge in [0.05, 0.1) is 17.5 Å². The molecular formula is C23H29N5O4. The zero-order valence-corrected chi connectivity index (χ0v) is 18.6. The van der Waals surface area contributed by atoms with Crippen molar-refractivity contribution >= 4 is 28.9 Å². The Kier molecular flexibility index (Phi) is 7.42. The molecule has 0 saturated carbocycles. The lowest BCUT2D eigenvalue weighted by Gasteiger charge is -2.38. The van der Waals surface area contributed by atoms with Crippen LogP contribution in [0.4, 0.5) is 17.1 Å². The highest BCUT2D eigenvalue weighted by atomic mass is 16.6. The zero-order valence-electron chi connectivity index (χ0n) is 18.6. The fourth-order valence-corrected chi connectivity index (χ4v) is 3.91. The van der Waals surface area contributed by atoms with E-state index in [1.54, 1.807) is 25.1 Å². The highest BCUT2D eigenvalue weighted by molar-refractivity contribution is 5.96. The number of nitro benzene ring substituents is 1. The topological polar surface area (TPSA) is 108 Å². The first-order chi connectivity index (χ1) is 15.3. The third-order valence-electron chi connectivity index (χ3n) is 5.83. The van der Waals surface area contributed by atoms with Gasteiger partial charge in [0.2, 0.25) is 11.8 Å². The van der Waals surface area contributed by atoms with Gasteiger partial charge < -0.3 is 15.5 Å². The number of rotatable bonds is 7. The van der Waals surface area contributed by atoms with E-state index in [2.05, 4.69) is 10.6 Å². The van der Waals surface area contributed by atoms with Crippen molar-refractivity contribution in [3.05, 3.63) is 63.7 Å². The summed E-state index contributed by atoms with van der Waals surface area (Å²) in [7, 11) is 0. The summed E-state index contributed by atoms with van der Waals surface area (Å²) < 4.78 is 0. The molecule has 1 fully saturated rings. The number of anilines is 2. The SMILES string of the molecule is Cc1cccc(C)c1NC(=O)CNC(=O)[C@@H](C)N1CCN(c2ccccc2[N+](=O)[O-])CC1. The van der Waals surface area contributed by atoms with E-state index in [1.807, 2.05) is 41.8 Å². The fourth-order valence-electron chi connectivity index (χ4n) is 3.91. The van der Waals surface area contributed by atoms with Crippen molar-refractivity contribution in [3.8, 4) is 0 Å². The van der Waals surface area contributed by atoms with Crippen LogP contribution in [0.25, 0.3) is 0 Å². The van der Waals surface area contributed by atoms with Gasteiger partial charge in [-0.05, 0) is 38.0 Å². The smallest absolute Gasteiger partial charge is 0.292 e. The Morgan fingerprint density at radius 1 is 1.03 bits per heavy atom. The lowest BCUT2D eigenvalue weighted by molar-refractivity contribution is -0.384. The van der Waals surface area contributed by atoms with Gasteiger partial charge >= 0.3 is 0 Å². The number of carbonyl (C=O) groups is 2. The fraction of sp³-hybridized carbons (Fsp3) is 0.391. The first-order valence-corrected chi connectivity index (χ1v) is 10.6. The summed E-state index contributed by atoms with van der Waals surface area (Å²) in [5.74, 6) is -0.495. The average molecular weight is 440 g/mol. The molecule has 0 spiro atoms. The lowest BCUT2D eigenvalue weighted by Crippen LogP contribution is -2.54. The Bertz CT molecular complexity index is 981. The van der Waals surface area contributed by atoms with Crippen molar-refractivity contribution in [2.75, 3.05) is 42.9 Å². The number of hydrogen-bond acceptors (Lipinski definition) is 6. The normalized spacial score (nSPS) is 15.2. The number of amides is 2. The number of benzene rings is 2. The second-order valence-corrected chi connectivity index (χ2v) is 7.98. The van der Waals surface area contributed by atoms with Crippen LogP contribution < -0.4 is 15.5 Å². The predicted molar refractivity (Wildman–Crippen MR) is 124 cm³/mol. The van der Waals surface area contributed by atoms with E-state index in [-0.39, 0.29) is 29.0 Å². The highest BCUT2D eigenvalue weighted by Gasteiger charge is 2.28. The van der Waals surface area contributed by atoms with E-state index in [9.17, 15) is 19.7 Å². The molecule has 0 aromatic heterocycles. The van der Waals surface area contributed by atoms with Gasteiger partial charge in [-0.1, -0.05) is 30.3 Å². The molecule has 1 heterocycles. The molecule has 32 heavy (non-hydrogen) atoms. The number of aryl methyl sites for hydroxylation is 2. The van der Waals surface area contributed by atoms with Crippen LogP contribution in [-0.2, 0) is 9.59 Å². The number of nitro groups is 1. The minimum Gasteiger partial charge on any atom is -0.363 e. The summed E-state index contributed by atoms with van der Waals surface area (Å²) in [6, 6.07) is 12.1. The molecule has 2 N–H and O–H groups in total. The van der Waals surface area contributed by atoms with Gasteiger partial charge in [-0.15, -0.1) is 0 Å². The second-order valence-electron chi connectivity index (χ2n) is 7.98. The maximum absolute atomic E-state index is 12.6. The van der Waals surface area contributed by atoms with E-state index in [1.165, 1.54) is 6.07 Å². The molecule has 2 aromatic rings. The van der Waals surface area contributed by atoms with E-state index in [0.717, 1.165) is 16.8 Å². The van der Waals surface area contributed by atoms with Crippen LogP contribution in [0.5, 0.6) is 0 Å². The molecule has 9 nitrogen and oxygen atoms in total. The molecule has 1 aliphatic rings. The van der Waals surface area contributed by atoms with Crippen molar-refractivity contribution < 1.29 is 14.5 Å². The summed E-state index contributed by atoms with van der Waals surface area (Å²) >= 11 is 0. The minimum atomic E-state index is -0.407. The van der Waals surface area contributed by atoms with Crippen LogP contribution >= 0.6 is 0 Å². The van der Waals surface area contributed by atoms with E-state index >= 15 is 0 Å². The van der Waals surface area contributed by atoms with Crippen LogP contribution in [0, 0.1) is 24.0 Å². The highest BCUT2D eigenvalue weighted by Crippen LogP contribution is 2.28. The number of hydrogen-bond donors (Lipinski definition) is 2. The summed E-state index contributed by atoms with van der Waals surface area (Å²) in [6.45, 7) is 7.89. The lowest BCUT2D eigenvalue weighted by atomic mass is 10.1. The van der Waals surface area contributed by atoms with E-state index in [0.29, 0.717) is 31.9 Å². The third-order valence-corrected chi connectivity index (χ3v) is 5.83. The van der Waals surface area contributed by atoms with Gasteiger partial charge in [-0.25, -0.2) is 0 Å². The Hall–Kier alpha value is -3.46. The molecule has 170 valence electrons. The van der Waals surface area contributed by atoms with Crippen molar-refractivity contribution in [1.82, 2.24) is 10.2 Å². The molecule has 2 aromatic carbocycles. The maximum Gasteiger partial charge on any atom is 0.292 e. The molecular weight excluding hydrogens is 410 g/mol. The second kappa shape index (κ2) is 10.2. The number of para-hydroxylation sites is 3. The molecule has 0 bridgehead atoms. The predicted octanol–water partition coefficient (Wildman–Crippen LogP) is 2.48. The third kappa shape index (κ3) is 5.42. The van der Waals surface area contributed by atoms with E-state index < -0.39 is 6.04 Å². The number of piperazine rings is 1. The monoisotopic (exact) mass is 439 g/mol. The zero-order chi connectivity index (χ0) is 23.3. The quantitative estimate of drug-likeness (QED) is 0.507. The largest absolute Gasteiger partial charge is 0.363 e. The van der Waals surface area contributed by atoms with Crippen LogP contribution in [0.15, 0.2) is 42.5 Å². The van der Waals surface area contributed by atoms with Gasteiger partial charge in [0, 0.05) is 37.9 Å². The molecule has 1 saturated heterocycles. The van der Waals surface area contributed by atoms with Crippen LogP contribution in [0.1, 0.15) is 18.1 Å². The van der Waals surface area contributed by atoms with Crippen LogP contribution in [0.2, 0.25) is 0 Å². The number of nitrogens with zero attached hydrogens (tertiary/aromatic N) is 3. The Labute approximate surface area is 187 Å². The summed E-state index contributed by atoms with van der Waals surface area (Å²) in [6.07, 6.45) is 0. The minimum absolute atomic E-state index is 0.0849. The van der Waals surface area contributed by atoms with Gasteiger partial charge in [0.15, 0.2) is 0 Å². The first-order valence-electron chi connectivity index (χ1n) is 10.6. The average Bonchev–Trinajstić information content (AvgIpc) is 2.79. The van der Waals surface area contributed by atoms with E-state index in [4.69, 9.17) is 0 Å². The van der Waals surface area contributed by atoms with Gasteiger partial charge in [-0.3, -0.25) is 24.6 Å². The number of carbonyl (C=O) groups excluding carboxylic acids is 2. The molecule has 0 radical (unpaired) electrons. The summed E-state index contributed by atoms with van der Waals surface area (Å²) in [4.78, 5) is 39.8. The molecule has 3 rings (SSSR count). The molecule has 1 aliphatic heterocycles. The Balaban J connectivity index is 1.50. The summed E-state index contributed by atoms with van der Waals surface area (Å²) in [5.41, 5.74) is 3.38. The summed E-state index contributed by atoms with van der Waals surface area (Å²) in [5, 5.41) is 16.9. The van der Waals surface area contributed by atoms with Crippen molar-refractivity contribution in [3.63, 3.8) is 0 Å². The van der Waals surface area contributed by atoms with Crippen molar-refractivity contribution in [2.45, 2.75) is 26.8 Å². The van der Waals surface area contributed by atoms with Gasteiger partial charge in [0.25, 0.3) is 5.69 Å².